The first kappa shape index (κ1) is 13.0. The van der Waals surface area contributed by atoms with Gasteiger partial charge in [-0.2, -0.15) is 0 Å². The Morgan fingerprint density at radius 3 is 2.23 bits per heavy atom. The lowest BCUT2D eigenvalue weighted by molar-refractivity contribution is 1.37. The van der Waals surface area contributed by atoms with E-state index in [0.29, 0.717) is 0 Å². The molecule has 0 unspecified atom stereocenters. The molecule has 106 valence electrons. The molecule has 0 aliphatic carbocycles. The van der Waals surface area contributed by atoms with Crippen LogP contribution in [0.3, 0.4) is 0 Å². The van der Waals surface area contributed by atoms with Crippen LogP contribution in [0.2, 0.25) is 0 Å². The fourth-order valence-corrected chi connectivity index (χ4v) is 3.20. The Labute approximate surface area is 132 Å². The molecule has 4 aromatic rings. The standard InChI is InChI=1S/C18H13N3S/c1-3-7-13(8-4-1)17-20-15-11-12-16(21-18(15)22-17)19-14-9-5-2-6-10-14/h1-12H,(H,19,21). The van der Waals surface area contributed by atoms with E-state index in [1.807, 2.05) is 60.7 Å². The molecule has 4 heteroatoms. The Morgan fingerprint density at radius 2 is 1.45 bits per heavy atom. The summed E-state index contributed by atoms with van der Waals surface area (Å²) in [5, 5.41) is 4.31. The van der Waals surface area contributed by atoms with Gasteiger partial charge in [0.2, 0.25) is 0 Å². The predicted octanol–water partition coefficient (Wildman–Crippen LogP) is 5.10. The number of nitrogens with one attached hydrogen (secondary N) is 1. The third-order valence-electron chi connectivity index (χ3n) is 3.32. The smallest absolute Gasteiger partial charge is 0.146 e. The predicted molar refractivity (Wildman–Crippen MR) is 92.6 cm³/mol. The Hall–Kier alpha value is -2.72. The van der Waals surface area contributed by atoms with Crippen molar-refractivity contribution in [1.82, 2.24) is 9.97 Å². The van der Waals surface area contributed by atoms with Gasteiger partial charge in [-0.05, 0) is 24.3 Å². The van der Waals surface area contributed by atoms with Crippen LogP contribution in [0.5, 0.6) is 0 Å². The van der Waals surface area contributed by atoms with Crippen molar-refractivity contribution >= 4 is 33.2 Å². The number of aromatic nitrogens is 2. The van der Waals surface area contributed by atoms with Gasteiger partial charge in [-0.3, -0.25) is 0 Å². The highest BCUT2D eigenvalue weighted by molar-refractivity contribution is 7.21. The van der Waals surface area contributed by atoms with Crippen molar-refractivity contribution < 1.29 is 0 Å². The summed E-state index contributed by atoms with van der Waals surface area (Å²) >= 11 is 1.61. The molecule has 4 rings (SSSR count). The number of para-hydroxylation sites is 1. The van der Waals surface area contributed by atoms with Crippen molar-refractivity contribution in [1.29, 1.82) is 0 Å². The van der Waals surface area contributed by atoms with Gasteiger partial charge in [0.05, 0.1) is 0 Å². The topological polar surface area (TPSA) is 37.8 Å². The number of benzene rings is 2. The summed E-state index contributed by atoms with van der Waals surface area (Å²) in [5.41, 5.74) is 3.09. The Balaban J connectivity index is 1.69. The zero-order valence-electron chi connectivity index (χ0n) is 11.7. The molecular weight excluding hydrogens is 290 g/mol. The molecule has 0 radical (unpaired) electrons. The van der Waals surface area contributed by atoms with E-state index in [0.717, 1.165) is 32.4 Å². The summed E-state index contributed by atoms with van der Waals surface area (Å²) in [6.07, 6.45) is 0. The minimum Gasteiger partial charge on any atom is -0.340 e. The van der Waals surface area contributed by atoms with E-state index in [1.165, 1.54) is 0 Å². The van der Waals surface area contributed by atoms with Gasteiger partial charge in [-0.1, -0.05) is 59.9 Å². The molecule has 3 nitrogen and oxygen atoms in total. The summed E-state index contributed by atoms with van der Waals surface area (Å²) < 4.78 is 0. The molecule has 0 fully saturated rings. The molecule has 0 bridgehead atoms. The van der Waals surface area contributed by atoms with Crippen LogP contribution < -0.4 is 5.32 Å². The zero-order chi connectivity index (χ0) is 14.8. The van der Waals surface area contributed by atoms with Gasteiger partial charge in [-0.15, -0.1) is 0 Å². The second kappa shape index (κ2) is 5.58. The minimum absolute atomic E-state index is 0.835. The van der Waals surface area contributed by atoms with Crippen molar-refractivity contribution in [2.24, 2.45) is 0 Å². The maximum atomic E-state index is 4.66. The van der Waals surface area contributed by atoms with E-state index >= 15 is 0 Å². The first-order valence-electron chi connectivity index (χ1n) is 7.03. The Morgan fingerprint density at radius 1 is 0.727 bits per heavy atom. The molecule has 1 N–H and O–H groups in total. The fraction of sp³-hybridized carbons (Fsp3) is 0. The van der Waals surface area contributed by atoms with Gasteiger partial charge >= 0.3 is 0 Å². The third kappa shape index (κ3) is 2.56. The molecule has 22 heavy (non-hydrogen) atoms. The summed E-state index contributed by atoms with van der Waals surface area (Å²) in [5.74, 6) is 0.835. The molecule has 2 aromatic heterocycles. The van der Waals surface area contributed by atoms with Gasteiger partial charge in [0.15, 0.2) is 0 Å². The lowest BCUT2D eigenvalue weighted by Gasteiger charge is -2.04. The fourth-order valence-electron chi connectivity index (χ4n) is 2.26. The Kier molecular flexibility index (Phi) is 3.29. The van der Waals surface area contributed by atoms with E-state index in [9.17, 15) is 0 Å². The van der Waals surface area contributed by atoms with Crippen molar-refractivity contribution in [3.8, 4) is 10.6 Å². The normalized spacial score (nSPS) is 10.7. The highest BCUT2D eigenvalue weighted by Gasteiger charge is 2.07. The number of rotatable bonds is 3. The lowest BCUT2D eigenvalue weighted by atomic mass is 10.2. The van der Waals surface area contributed by atoms with Gasteiger partial charge in [0.25, 0.3) is 0 Å². The molecule has 0 atom stereocenters. The molecule has 2 aromatic carbocycles. The number of hydrogen-bond donors (Lipinski definition) is 1. The quantitative estimate of drug-likeness (QED) is 0.572. The second-order valence-electron chi connectivity index (χ2n) is 4.90. The van der Waals surface area contributed by atoms with E-state index in [2.05, 4.69) is 27.4 Å². The van der Waals surface area contributed by atoms with Crippen LogP contribution in [0, 0.1) is 0 Å². The number of nitrogens with zero attached hydrogens (tertiary/aromatic N) is 2. The number of anilines is 2. The first-order chi connectivity index (χ1) is 10.9. The number of thiazole rings is 1. The molecule has 0 saturated carbocycles. The molecule has 2 heterocycles. The second-order valence-corrected chi connectivity index (χ2v) is 5.87. The van der Waals surface area contributed by atoms with Gasteiger partial charge in [-0.25, -0.2) is 9.97 Å². The van der Waals surface area contributed by atoms with E-state index in [-0.39, 0.29) is 0 Å². The number of pyridine rings is 1. The van der Waals surface area contributed by atoms with Crippen LogP contribution in [-0.2, 0) is 0 Å². The zero-order valence-corrected chi connectivity index (χ0v) is 12.5. The average Bonchev–Trinajstić information content (AvgIpc) is 3.00. The average molecular weight is 303 g/mol. The van der Waals surface area contributed by atoms with Crippen LogP contribution in [0.25, 0.3) is 20.9 Å². The van der Waals surface area contributed by atoms with E-state index < -0.39 is 0 Å². The Bertz CT molecular complexity index is 901. The summed E-state index contributed by atoms with van der Waals surface area (Å²) in [4.78, 5) is 10.3. The highest BCUT2D eigenvalue weighted by Crippen LogP contribution is 2.30. The summed E-state index contributed by atoms with van der Waals surface area (Å²) in [6.45, 7) is 0. The van der Waals surface area contributed by atoms with E-state index in [1.54, 1.807) is 11.3 Å². The van der Waals surface area contributed by atoms with Crippen LogP contribution in [0.1, 0.15) is 0 Å². The minimum atomic E-state index is 0.835. The molecule has 0 aliphatic heterocycles. The summed E-state index contributed by atoms with van der Waals surface area (Å²) in [6, 6.07) is 24.2. The largest absolute Gasteiger partial charge is 0.340 e. The van der Waals surface area contributed by atoms with Crippen molar-refractivity contribution in [3.63, 3.8) is 0 Å². The lowest BCUT2D eigenvalue weighted by Crippen LogP contribution is -1.92. The van der Waals surface area contributed by atoms with Gasteiger partial charge in [0, 0.05) is 11.3 Å². The third-order valence-corrected chi connectivity index (χ3v) is 4.34. The highest BCUT2D eigenvalue weighted by atomic mass is 32.1. The molecule has 0 saturated heterocycles. The van der Waals surface area contributed by atoms with Crippen LogP contribution in [0.4, 0.5) is 11.5 Å². The monoisotopic (exact) mass is 303 g/mol. The molecule has 0 aliphatic rings. The van der Waals surface area contributed by atoms with Gasteiger partial charge < -0.3 is 5.32 Å². The van der Waals surface area contributed by atoms with Crippen LogP contribution in [-0.4, -0.2) is 9.97 Å². The first-order valence-corrected chi connectivity index (χ1v) is 7.85. The SMILES string of the molecule is c1ccc(Nc2ccc3nc(-c4ccccc4)sc3n2)cc1. The van der Waals surface area contributed by atoms with Crippen LogP contribution >= 0.6 is 11.3 Å². The van der Waals surface area contributed by atoms with Crippen molar-refractivity contribution in [3.05, 3.63) is 72.8 Å². The van der Waals surface area contributed by atoms with Crippen molar-refractivity contribution in [2.75, 3.05) is 5.32 Å². The number of fused-ring (bicyclic) bond motifs is 1. The van der Waals surface area contributed by atoms with Crippen LogP contribution in [0.15, 0.2) is 72.8 Å². The molecular formula is C18H13N3S. The van der Waals surface area contributed by atoms with Crippen molar-refractivity contribution in [2.45, 2.75) is 0 Å². The summed E-state index contributed by atoms with van der Waals surface area (Å²) in [7, 11) is 0. The molecule has 0 spiro atoms. The molecule has 0 amide bonds. The number of hydrogen-bond acceptors (Lipinski definition) is 4. The van der Waals surface area contributed by atoms with Gasteiger partial charge in [0.1, 0.15) is 21.2 Å². The maximum Gasteiger partial charge on any atom is 0.146 e. The maximum absolute atomic E-state index is 4.66. The van der Waals surface area contributed by atoms with E-state index in [4.69, 9.17) is 0 Å².